The molecule has 1 fully saturated rings. The Morgan fingerprint density at radius 2 is 1.94 bits per heavy atom. The number of nitrogens with one attached hydrogen (secondary N) is 1. The fourth-order valence-corrected chi connectivity index (χ4v) is 3.02. The Hall–Kier alpha value is -0.780. The van der Waals surface area contributed by atoms with E-state index in [-0.39, 0.29) is 0 Å². The molecule has 1 heterocycles. The zero-order valence-corrected chi connectivity index (χ0v) is 11.9. The van der Waals surface area contributed by atoms with Crippen molar-refractivity contribution in [3.63, 3.8) is 0 Å². The van der Waals surface area contributed by atoms with Gasteiger partial charge < -0.3 is 14.3 Å². The average molecular weight is 314 g/mol. The van der Waals surface area contributed by atoms with E-state index in [2.05, 4.69) is 21.4 Å². The number of fused-ring (bicyclic) bond motifs is 1. The lowest BCUT2D eigenvalue weighted by molar-refractivity contribution is -0.0716. The maximum Gasteiger partial charge on any atom is 0.251 e. The lowest BCUT2D eigenvalue weighted by Crippen LogP contribution is -2.34. The minimum absolute atomic E-state index is 0.394. The standard InChI is InChI=1S/C13H16BrNO3/c1-16-15-8-9-6-11-12(7-10(9)14)18-13(17-11)4-2-3-5-13/h6-7,15H,2-5,8H2,1H3. The molecule has 0 aromatic heterocycles. The summed E-state index contributed by atoms with van der Waals surface area (Å²) in [5.74, 6) is 1.28. The molecule has 1 aliphatic heterocycles. The van der Waals surface area contributed by atoms with Crippen molar-refractivity contribution in [2.45, 2.75) is 38.0 Å². The van der Waals surface area contributed by atoms with E-state index in [9.17, 15) is 0 Å². The average Bonchev–Trinajstić information content (AvgIpc) is 2.93. The van der Waals surface area contributed by atoms with Crippen LogP contribution in [0, 0.1) is 0 Å². The van der Waals surface area contributed by atoms with Gasteiger partial charge in [-0.3, -0.25) is 0 Å². The van der Waals surface area contributed by atoms with Gasteiger partial charge in [-0.05, 0) is 30.5 Å². The number of ether oxygens (including phenoxy) is 2. The molecule has 3 rings (SSSR count). The van der Waals surface area contributed by atoms with E-state index >= 15 is 0 Å². The van der Waals surface area contributed by atoms with Crippen molar-refractivity contribution in [3.05, 3.63) is 22.2 Å². The number of benzene rings is 1. The van der Waals surface area contributed by atoms with Crippen molar-refractivity contribution in [1.82, 2.24) is 5.48 Å². The minimum atomic E-state index is -0.394. The molecule has 0 saturated heterocycles. The molecular formula is C13H16BrNO3. The fourth-order valence-electron chi connectivity index (χ4n) is 2.56. The van der Waals surface area contributed by atoms with Crippen LogP contribution in [0.1, 0.15) is 31.2 Å². The van der Waals surface area contributed by atoms with Gasteiger partial charge in [-0.25, -0.2) is 0 Å². The van der Waals surface area contributed by atoms with Crippen molar-refractivity contribution < 1.29 is 14.3 Å². The second kappa shape index (κ2) is 4.72. The summed E-state index contributed by atoms with van der Waals surface area (Å²) in [6, 6.07) is 3.99. The van der Waals surface area contributed by atoms with Crippen LogP contribution in [0.4, 0.5) is 0 Å². The highest BCUT2D eigenvalue weighted by molar-refractivity contribution is 9.10. The van der Waals surface area contributed by atoms with E-state index in [0.717, 1.165) is 34.4 Å². The van der Waals surface area contributed by atoms with E-state index in [1.807, 2.05) is 12.1 Å². The van der Waals surface area contributed by atoms with Gasteiger partial charge in [0.2, 0.25) is 0 Å². The first kappa shape index (κ1) is 12.3. The van der Waals surface area contributed by atoms with E-state index in [1.165, 1.54) is 12.8 Å². The number of hydroxylamine groups is 1. The predicted molar refractivity (Wildman–Crippen MR) is 70.4 cm³/mol. The topological polar surface area (TPSA) is 39.7 Å². The molecule has 0 bridgehead atoms. The molecule has 4 nitrogen and oxygen atoms in total. The molecule has 0 amide bonds. The number of hydrogen-bond acceptors (Lipinski definition) is 4. The van der Waals surface area contributed by atoms with Gasteiger partial charge in [0.25, 0.3) is 5.79 Å². The molecule has 1 aromatic rings. The first-order valence-corrected chi connectivity index (χ1v) is 6.98. The summed E-state index contributed by atoms with van der Waals surface area (Å²) < 4.78 is 13.0. The summed E-state index contributed by atoms with van der Waals surface area (Å²) in [6.45, 7) is 0.626. The quantitative estimate of drug-likeness (QED) is 0.870. The highest BCUT2D eigenvalue weighted by Crippen LogP contribution is 2.48. The molecule has 1 N–H and O–H groups in total. The van der Waals surface area contributed by atoms with Gasteiger partial charge in [0.15, 0.2) is 11.5 Å². The summed E-state index contributed by atoms with van der Waals surface area (Å²) in [6.07, 6.45) is 4.30. The Morgan fingerprint density at radius 1 is 1.28 bits per heavy atom. The van der Waals surface area contributed by atoms with Crippen LogP contribution in [0.25, 0.3) is 0 Å². The maximum atomic E-state index is 6.02. The summed E-state index contributed by atoms with van der Waals surface area (Å²) in [4.78, 5) is 4.87. The SMILES string of the molecule is CONCc1cc2c(cc1Br)OC1(CCCC1)O2. The van der Waals surface area contributed by atoms with Gasteiger partial charge in [0, 0.05) is 23.9 Å². The van der Waals surface area contributed by atoms with Crippen LogP contribution >= 0.6 is 15.9 Å². The minimum Gasteiger partial charge on any atom is -0.448 e. The Bertz CT molecular complexity index is 458. The van der Waals surface area contributed by atoms with Crippen molar-refractivity contribution in [3.8, 4) is 11.5 Å². The van der Waals surface area contributed by atoms with E-state index in [0.29, 0.717) is 6.54 Å². The van der Waals surface area contributed by atoms with Crippen LogP contribution in [0.15, 0.2) is 16.6 Å². The van der Waals surface area contributed by atoms with Gasteiger partial charge in [-0.15, -0.1) is 0 Å². The van der Waals surface area contributed by atoms with Gasteiger partial charge in [-0.1, -0.05) is 15.9 Å². The van der Waals surface area contributed by atoms with Crippen LogP contribution in [-0.2, 0) is 11.4 Å². The van der Waals surface area contributed by atoms with Gasteiger partial charge >= 0.3 is 0 Å². The van der Waals surface area contributed by atoms with Crippen LogP contribution in [-0.4, -0.2) is 12.9 Å². The third-order valence-corrected chi connectivity index (χ3v) is 4.22. The molecule has 18 heavy (non-hydrogen) atoms. The van der Waals surface area contributed by atoms with Crippen LogP contribution in [0.3, 0.4) is 0 Å². The Balaban J connectivity index is 1.85. The highest BCUT2D eigenvalue weighted by atomic mass is 79.9. The summed E-state index contributed by atoms with van der Waals surface area (Å²) in [5, 5.41) is 0. The molecule has 1 spiro atoms. The first-order valence-electron chi connectivity index (χ1n) is 6.19. The molecule has 0 atom stereocenters. The monoisotopic (exact) mass is 313 g/mol. The second-order valence-corrected chi connectivity index (χ2v) is 5.59. The summed E-state index contributed by atoms with van der Waals surface area (Å²) >= 11 is 3.55. The lowest BCUT2D eigenvalue weighted by Gasteiger charge is -2.21. The molecule has 98 valence electrons. The molecule has 1 aromatic carbocycles. The van der Waals surface area contributed by atoms with Crippen molar-refractivity contribution in [1.29, 1.82) is 0 Å². The molecule has 0 radical (unpaired) electrons. The maximum absolute atomic E-state index is 6.02. The third-order valence-electron chi connectivity index (χ3n) is 3.48. The number of halogens is 1. The van der Waals surface area contributed by atoms with E-state index in [1.54, 1.807) is 7.11 Å². The van der Waals surface area contributed by atoms with Crippen LogP contribution < -0.4 is 15.0 Å². The third kappa shape index (κ3) is 2.11. The van der Waals surface area contributed by atoms with E-state index in [4.69, 9.17) is 14.3 Å². The zero-order valence-electron chi connectivity index (χ0n) is 10.3. The van der Waals surface area contributed by atoms with E-state index < -0.39 is 5.79 Å². The van der Waals surface area contributed by atoms with Gasteiger partial charge in [0.05, 0.1) is 7.11 Å². The Kier molecular flexibility index (Phi) is 3.21. The van der Waals surface area contributed by atoms with Crippen LogP contribution in [0.5, 0.6) is 11.5 Å². The highest BCUT2D eigenvalue weighted by Gasteiger charge is 2.44. The van der Waals surface area contributed by atoms with Crippen molar-refractivity contribution in [2.75, 3.05) is 7.11 Å². The molecular weight excluding hydrogens is 298 g/mol. The fraction of sp³-hybridized carbons (Fsp3) is 0.538. The number of rotatable bonds is 3. The van der Waals surface area contributed by atoms with Crippen molar-refractivity contribution in [2.24, 2.45) is 0 Å². The number of hydrogen-bond donors (Lipinski definition) is 1. The smallest absolute Gasteiger partial charge is 0.251 e. The molecule has 5 heteroatoms. The molecule has 1 aliphatic carbocycles. The largest absolute Gasteiger partial charge is 0.448 e. The molecule has 2 aliphatic rings. The normalized spacial score (nSPS) is 19.7. The summed E-state index contributed by atoms with van der Waals surface area (Å²) in [7, 11) is 1.61. The van der Waals surface area contributed by atoms with Crippen LogP contribution in [0.2, 0.25) is 0 Å². The Labute approximate surface area is 115 Å². The summed E-state index contributed by atoms with van der Waals surface area (Å²) in [5.41, 5.74) is 3.92. The lowest BCUT2D eigenvalue weighted by atomic mass is 10.2. The zero-order chi connectivity index (χ0) is 12.6. The molecule has 0 unspecified atom stereocenters. The second-order valence-electron chi connectivity index (χ2n) is 4.74. The van der Waals surface area contributed by atoms with Gasteiger partial charge in [-0.2, -0.15) is 5.48 Å². The molecule has 1 saturated carbocycles. The van der Waals surface area contributed by atoms with Gasteiger partial charge in [0.1, 0.15) is 0 Å². The first-order chi connectivity index (χ1) is 8.72. The predicted octanol–water partition coefficient (Wildman–Crippen LogP) is 3.14. The Morgan fingerprint density at radius 3 is 2.61 bits per heavy atom. The van der Waals surface area contributed by atoms with Crippen molar-refractivity contribution >= 4 is 15.9 Å².